The minimum atomic E-state index is -0.900. The quantitative estimate of drug-likeness (QED) is 0.144. The van der Waals surface area contributed by atoms with Crippen LogP contribution < -0.4 is 28.4 Å². The molecule has 2 aliphatic carbocycles. The van der Waals surface area contributed by atoms with Crippen molar-refractivity contribution < 1.29 is 32.8 Å². The average molecular weight is 1640 g/mol. The van der Waals surface area contributed by atoms with Crippen molar-refractivity contribution in [2.24, 2.45) is 0 Å². The molecule has 0 aromatic heterocycles. The predicted molar refractivity (Wildman–Crippen MR) is 517 cm³/mol. The van der Waals surface area contributed by atoms with Gasteiger partial charge in [-0.1, -0.05) is 351 Å². The Hall–Kier alpha value is -8.29. The van der Waals surface area contributed by atoms with Gasteiger partial charge in [0.2, 0.25) is 0 Å². The Morgan fingerprint density at radius 1 is 0.358 bits per heavy atom. The van der Waals surface area contributed by atoms with Gasteiger partial charge in [-0.05, 0) is 261 Å². The second kappa shape index (κ2) is 45.2. The first-order valence-corrected chi connectivity index (χ1v) is 45.0. The number of methoxy groups -OCH3 is 1. The van der Waals surface area contributed by atoms with Crippen molar-refractivity contribution in [1.82, 2.24) is 0 Å². The van der Waals surface area contributed by atoms with Crippen LogP contribution in [0.25, 0.3) is 0 Å². The van der Waals surface area contributed by atoms with Crippen LogP contribution in [0.15, 0.2) is 206 Å². The van der Waals surface area contributed by atoms with E-state index in [4.69, 9.17) is 28.4 Å². The standard InChI is InChI=1S/C15H21F.C13H18O2.C13H18O.C13H20O.C13H18.C12H18O.C12H18.C11H16O.C11H16/c1-14(2,3)13-7-5-12(6-8-13)11-15(16)9-4-10-15;1-13(2,3)10-5-6-11-12(9-10)15-8-4-7-14-11;1-13(2,3)11-6-7-12-10(9-11)5-4-8-14-12;1-10(2)14-12-8-6-11(7-9-12)13(3,4)5;1-13(2,3)12-8-6-11(7-9-12)10-4-5-10;1-5-13-11-8-6-10(7-9-11)12(2,3)4;1-5-10-6-8-11(9-7-10)12(2,3)4;1-11(2,3)9-5-7-10(12-4)8-6-9;1-9-5-7-10(8-6-9)11(2,3)4/h5-8H,4,9-11H2,1-3H3;5-6,9H,4,7-8H2,1-3H3;6-7,9H,4-5,8H2,1-3H3;6-10H,1-5H3;6-10H,4-5H2,1-3H3;6-9H,5H2,1-4H3;6-9H,5H2,1-4H3;5-8H,1-4H3;5-8H,1-4H3. The molecular weight excluding hydrogens is 1470 g/mol. The lowest BCUT2D eigenvalue weighted by Gasteiger charge is -2.34. The van der Waals surface area contributed by atoms with E-state index in [2.05, 4.69) is 365 Å². The highest BCUT2D eigenvalue weighted by Crippen LogP contribution is 2.42. The number of fused-ring (bicyclic) bond motifs is 2. The largest absolute Gasteiger partial charge is 0.497 e. The number of halogens is 1. The number of rotatable bonds is 9. The molecule has 7 heteroatoms. The van der Waals surface area contributed by atoms with Gasteiger partial charge in [0.25, 0.3) is 0 Å². The Kier molecular flexibility index (Phi) is 38.5. The molecule has 658 valence electrons. The minimum Gasteiger partial charge on any atom is -0.497 e. The summed E-state index contributed by atoms with van der Waals surface area (Å²) in [5.41, 5.74) is 20.3. The van der Waals surface area contributed by atoms with Crippen molar-refractivity contribution in [2.75, 3.05) is 33.5 Å². The van der Waals surface area contributed by atoms with Crippen LogP contribution in [-0.4, -0.2) is 45.3 Å². The second-order valence-electron chi connectivity index (χ2n) is 42.8. The normalized spacial score (nSPS) is 14.3. The van der Waals surface area contributed by atoms with E-state index in [1.54, 1.807) is 7.11 Å². The lowest BCUT2D eigenvalue weighted by atomic mass is 9.77. The molecule has 0 radical (unpaired) electrons. The van der Waals surface area contributed by atoms with E-state index >= 15 is 0 Å². The van der Waals surface area contributed by atoms with Crippen LogP contribution in [0.2, 0.25) is 0 Å². The third-order valence-electron chi connectivity index (χ3n) is 22.0. The molecule has 0 N–H and O–H groups in total. The first-order valence-electron chi connectivity index (χ1n) is 45.0. The fraction of sp³-hybridized carbons (Fsp3) is 0.522. The molecule has 9 aromatic rings. The molecule has 2 aliphatic heterocycles. The van der Waals surface area contributed by atoms with Gasteiger partial charge in [-0.2, -0.15) is 0 Å². The number of hydrogen-bond acceptors (Lipinski definition) is 6. The number of hydrogen-bond donors (Lipinski definition) is 0. The van der Waals surface area contributed by atoms with Gasteiger partial charge in [0.05, 0.1) is 39.6 Å². The first kappa shape index (κ1) is 102. The van der Waals surface area contributed by atoms with Gasteiger partial charge in [-0.25, -0.2) is 4.39 Å². The van der Waals surface area contributed by atoms with Crippen molar-refractivity contribution in [1.29, 1.82) is 0 Å². The van der Waals surface area contributed by atoms with Crippen LogP contribution in [0, 0.1) is 6.92 Å². The smallest absolute Gasteiger partial charge is 0.161 e. The minimum absolute atomic E-state index is 0.157. The number of ether oxygens (including phenoxy) is 6. The molecule has 0 atom stereocenters. The monoisotopic (exact) mass is 1640 g/mol. The summed E-state index contributed by atoms with van der Waals surface area (Å²) in [6, 6.07) is 73.0. The average Bonchev–Trinajstić information content (AvgIpc) is 1.32. The van der Waals surface area contributed by atoms with Crippen LogP contribution in [0.1, 0.15) is 343 Å². The van der Waals surface area contributed by atoms with Gasteiger partial charge in [0, 0.05) is 12.8 Å². The highest BCUT2D eigenvalue weighted by molar-refractivity contribution is 5.46. The molecule has 0 amide bonds. The Morgan fingerprint density at radius 3 is 1.04 bits per heavy atom. The molecular formula is C113H163FO6. The lowest BCUT2D eigenvalue weighted by Crippen LogP contribution is -2.34. The summed E-state index contributed by atoms with van der Waals surface area (Å²) in [7, 11) is 1.69. The van der Waals surface area contributed by atoms with E-state index in [9.17, 15) is 4.39 Å². The fourth-order valence-corrected chi connectivity index (χ4v) is 13.3. The van der Waals surface area contributed by atoms with Gasteiger partial charge in [-0.3, -0.25) is 0 Å². The summed E-state index contributed by atoms with van der Waals surface area (Å²) >= 11 is 0. The van der Waals surface area contributed by atoms with Crippen molar-refractivity contribution >= 4 is 0 Å². The molecule has 0 bridgehead atoms. The zero-order chi connectivity index (χ0) is 89.9. The molecule has 2 saturated carbocycles. The van der Waals surface area contributed by atoms with Gasteiger partial charge < -0.3 is 28.4 Å². The molecule has 0 spiro atoms. The molecule has 6 nitrogen and oxygen atoms in total. The third-order valence-corrected chi connectivity index (χ3v) is 22.0. The highest BCUT2D eigenvalue weighted by Gasteiger charge is 2.37. The van der Waals surface area contributed by atoms with E-state index in [0.717, 1.165) is 111 Å². The Bertz CT molecular complexity index is 4320. The number of benzene rings is 9. The fourth-order valence-electron chi connectivity index (χ4n) is 13.3. The zero-order valence-electron chi connectivity index (χ0n) is 81.5. The summed E-state index contributed by atoms with van der Waals surface area (Å²) in [6.07, 6.45) is 10.6. The maximum absolute atomic E-state index is 13.9. The number of aryl methyl sites for hydroxylation is 3. The first-order chi connectivity index (χ1) is 55.6. The van der Waals surface area contributed by atoms with Gasteiger partial charge in [0.15, 0.2) is 11.5 Å². The maximum atomic E-state index is 13.9. The molecule has 2 heterocycles. The summed E-state index contributed by atoms with van der Waals surface area (Å²) in [6.45, 7) is 73.5. The third kappa shape index (κ3) is 36.8. The molecule has 120 heavy (non-hydrogen) atoms. The van der Waals surface area contributed by atoms with Crippen LogP contribution in [0.3, 0.4) is 0 Å². The van der Waals surface area contributed by atoms with E-state index in [0.29, 0.717) is 11.8 Å². The molecule has 0 saturated heterocycles. The molecule has 13 rings (SSSR count). The topological polar surface area (TPSA) is 55.4 Å². The Labute approximate surface area is 732 Å². The van der Waals surface area contributed by atoms with Crippen LogP contribution in [0.5, 0.6) is 34.5 Å². The van der Waals surface area contributed by atoms with Crippen molar-refractivity contribution in [3.05, 3.63) is 284 Å². The van der Waals surface area contributed by atoms with Crippen LogP contribution >= 0.6 is 0 Å². The lowest BCUT2D eigenvalue weighted by molar-refractivity contribution is 0.0641. The maximum Gasteiger partial charge on any atom is 0.161 e. The predicted octanol–water partition coefficient (Wildman–Crippen LogP) is 31.7. The summed E-state index contributed by atoms with van der Waals surface area (Å²) in [4.78, 5) is 0. The van der Waals surface area contributed by atoms with Gasteiger partial charge in [0.1, 0.15) is 28.7 Å². The van der Waals surface area contributed by atoms with E-state index < -0.39 is 5.67 Å². The SMILES string of the molecule is CC(C)(C)c1ccc(C2CC2)cc1.CC(C)(C)c1ccc(CC2(F)CCC2)cc1.CC(C)(C)c1ccc2c(c1)CCCO2.CC(C)(C)c1ccc2c(c1)OCCCO2.CC(C)Oc1ccc(C(C)(C)C)cc1.CCOc1ccc(C(C)(C)C)cc1.CCc1ccc(C(C)(C)C)cc1.COc1ccc(C(C)(C)C)cc1.Cc1ccc(C(C)(C)C)cc1. The van der Waals surface area contributed by atoms with Crippen molar-refractivity contribution in [3.8, 4) is 34.5 Å². The van der Waals surface area contributed by atoms with Gasteiger partial charge >= 0.3 is 0 Å². The van der Waals surface area contributed by atoms with Crippen LogP contribution in [0.4, 0.5) is 4.39 Å². The Balaban J connectivity index is 0.000000241. The molecule has 9 aromatic carbocycles. The van der Waals surface area contributed by atoms with E-state index in [-0.39, 0.29) is 49.4 Å². The molecule has 0 unspecified atom stereocenters. The van der Waals surface area contributed by atoms with Crippen LogP contribution in [-0.2, 0) is 68.0 Å². The molecule has 2 fully saturated rings. The van der Waals surface area contributed by atoms with Crippen molar-refractivity contribution in [2.45, 2.75) is 352 Å². The highest BCUT2D eigenvalue weighted by atomic mass is 19.1. The number of alkyl halides is 1. The summed E-state index contributed by atoms with van der Waals surface area (Å²) in [5.74, 6) is 6.56. The summed E-state index contributed by atoms with van der Waals surface area (Å²) < 4.78 is 46.8. The second-order valence-corrected chi connectivity index (χ2v) is 42.8. The summed E-state index contributed by atoms with van der Waals surface area (Å²) in [5, 5.41) is 0. The molecule has 4 aliphatic rings. The Morgan fingerprint density at radius 2 is 0.683 bits per heavy atom. The van der Waals surface area contributed by atoms with E-state index in [1.807, 2.05) is 63.2 Å². The van der Waals surface area contributed by atoms with E-state index in [1.165, 1.54) is 91.6 Å². The van der Waals surface area contributed by atoms with Crippen molar-refractivity contribution in [3.63, 3.8) is 0 Å². The zero-order valence-corrected chi connectivity index (χ0v) is 81.5. The van der Waals surface area contributed by atoms with Gasteiger partial charge in [-0.15, -0.1) is 0 Å².